The number of hydrogen-bond donors (Lipinski definition) is 3. The molecule has 0 aromatic carbocycles. The van der Waals surface area contributed by atoms with Gasteiger partial charge >= 0.3 is 8.72 Å². The van der Waals surface area contributed by atoms with Crippen molar-refractivity contribution in [2.75, 3.05) is 34.2 Å². The molecule has 0 radical (unpaired) electrons. The van der Waals surface area contributed by atoms with E-state index in [1.165, 1.54) is 12.8 Å². The lowest BCUT2D eigenvalue weighted by Gasteiger charge is -2.38. The molecule has 0 fully saturated rings. The lowest BCUT2D eigenvalue weighted by Crippen LogP contribution is -2.79. The van der Waals surface area contributed by atoms with Crippen molar-refractivity contribution >= 4 is 8.72 Å². The minimum Gasteiger partial charge on any atom is -0.303 e. The zero-order valence-electron chi connectivity index (χ0n) is 10.3. The van der Waals surface area contributed by atoms with E-state index in [1.807, 2.05) is 14.1 Å². The van der Waals surface area contributed by atoms with E-state index < -0.39 is 8.72 Å². The summed E-state index contributed by atoms with van der Waals surface area (Å²) in [4.78, 5) is 10.4. The van der Waals surface area contributed by atoms with Crippen molar-refractivity contribution in [1.29, 1.82) is 0 Å². The molecule has 0 aromatic rings. The van der Waals surface area contributed by atoms with Crippen LogP contribution in [0.4, 0.5) is 0 Å². The van der Waals surface area contributed by atoms with Crippen molar-refractivity contribution in [1.82, 2.24) is 19.5 Å². The smallest absolute Gasteiger partial charge is 0.303 e. The fraction of sp³-hybridized carbons (Fsp3) is 1.00. The van der Waals surface area contributed by atoms with Crippen molar-refractivity contribution in [3.8, 4) is 0 Å². The molecule has 0 atom stereocenters. The highest BCUT2D eigenvalue weighted by Crippen LogP contribution is 1.98. The molecule has 0 saturated carbocycles. The number of hydrogen-bond acceptors (Lipinski definition) is 4. The third-order valence-electron chi connectivity index (χ3n) is 2.58. The predicted molar refractivity (Wildman–Crippen MR) is 65.1 cm³/mol. The van der Waals surface area contributed by atoms with Crippen LogP contribution in [-0.2, 0) is 0 Å². The van der Waals surface area contributed by atoms with Gasteiger partial charge in [-0.3, -0.25) is 4.57 Å². The second-order valence-electron chi connectivity index (χ2n) is 3.52. The fourth-order valence-corrected chi connectivity index (χ4v) is 4.28. The Hall–Kier alpha value is 0.0569. The van der Waals surface area contributed by atoms with Gasteiger partial charge in [-0.05, 0) is 40.7 Å². The largest absolute Gasteiger partial charge is 0.368 e. The summed E-state index contributed by atoms with van der Waals surface area (Å²) in [6, 6.07) is 0. The van der Waals surface area contributed by atoms with Crippen LogP contribution in [0.15, 0.2) is 0 Å². The van der Waals surface area contributed by atoms with Crippen LogP contribution < -0.4 is 14.9 Å². The van der Waals surface area contributed by atoms with Crippen LogP contribution >= 0.6 is 0 Å². The van der Waals surface area contributed by atoms with Gasteiger partial charge in [0.2, 0.25) is 0 Å². The zero-order chi connectivity index (χ0) is 11.0. The Kier molecular flexibility index (Phi) is 7.39. The topological polar surface area (TPSA) is 39.3 Å². The van der Waals surface area contributed by atoms with Crippen molar-refractivity contribution < 1.29 is 0 Å². The van der Waals surface area contributed by atoms with E-state index in [-0.39, 0.29) is 0 Å². The molecule has 4 nitrogen and oxygen atoms in total. The van der Waals surface area contributed by atoms with Gasteiger partial charge in [-0.2, -0.15) is 0 Å². The van der Waals surface area contributed by atoms with Crippen LogP contribution in [0.2, 0.25) is 0 Å². The Bertz CT molecular complexity index is 139. The summed E-state index contributed by atoms with van der Waals surface area (Å²) >= 11 is 0. The Morgan fingerprint density at radius 2 is 1.71 bits per heavy atom. The summed E-state index contributed by atoms with van der Waals surface area (Å²) < 4.78 is 2.40. The molecule has 3 N–H and O–H groups in total. The normalized spacial score (nSPS) is 12.4. The highest BCUT2D eigenvalue weighted by Gasteiger charge is 2.35. The summed E-state index contributed by atoms with van der Waals surface area (Å²) in [5.74, 6) is 0. The standard InChI is InChI=1S/C9H26N4Si/c1-6-8-9-13(5)14(10-3,11-4)12-7-2/h10-12H,6-9H2,1-5H3. The third kappa shape index (κ3) is 3.66. The van der Waals surface area contributed by atoms with Crippen LogP contribution in [0.3, 0.4) is 0 Å². The van der Waals surface area contributed by atoms with Crippen LogP contribution in [0, 0.1) is 0 Å². The molecule has 86 valence electrons. The highest BCUT2D eigenvalue weighted by molar-refractivity contribution is 6.69. The van der Waals surface area contributed by atoms with Crippen molar-refractivity contribution in [2.24, 2.45) is 0 Å². The number of nitrogens with one attached hydrogen (secondary N) is 3. The monoisotopic (exact) mass is 218 g/mol. The lowest BCUT2D eigenvalue weighted by molar-refractivity contribution is 0.444. The van der Waals surface area contributed by atoms with Gasteiger partial charge in [0.05, 0.1) is 0 Å². The Labute approximate surface area is 89.8 Å². The minimum atomic E-state index is -1.80. The highest BCUT2D eigenvalue weighted by atomic mass is 28.4. The van der Waals surface area contributed by atoms with E-state index in [0.29, 0.717) is 0 Å². The molecular weight excluding hydrogens is 192 g/mol. The lowest BCUT2D eigenvalue weighted by atomic mass is 10.3. The average Bonchev–Trinajstić information content (AvgIpc) is 2.22. The Morgan fingerprint density at radius 1 is 1.14 bits per heavy atom. The molecule has 0 saturated heterocycles. The molecule has 0 unspecified atom stereocenters. The minimum absolute atomic E-state index is 0.990. The molecule has 0 aliphatic carbocycles. The van der Waals surface area contributed by atoms with E-state index >= 15 is 0 Å². The number of unbranched alkanes of at least 4 members (excludes halogenated alkanes) is 1. The van der Waals surface area contributed by atoms with Crippen LogP contribution in [-0.4, -0.2) is 47.5 Å². The van der Waals surface area contributed by atoms with Crippen LogP contribution in [0.1, 0.15) is 26.7 Å². The molecule has 0 amide bonds. The molecule has 14 heavy (non-hydrogen) atoms. The third-order valence-corrected chi connectivity index (χ3v) is 6.26. The first-order valence-electron chi connectivity index (χ1n) is 5.50. The molecule has 0 aliphatic rings. The van der Waals surface area contributed by atoms with Gasteiger partial charge in [-0.15, -0.1) is 0 Å². The summed E-state index contributed by atoms with van der Waals surface area (Å²) in [7, 11) is 4.42. The summed E-state index contributed by atoms with van der Waals surface area (Å²) in [6.07, 6.45) is 2.49. The predicted octanol–water partition coefficient (Wildman–Crippen LogP) is 0.202. The van der Waals surface area contributed by atoms with Gasteiger partial charge in [0.1, 0.15) is 0 Å². The second-order valence-corrected chi connectivity index (χ2v) is 7.05. The average molecular weight is 218 g/mol. The molecule has 5 heteroatoms. The summed E-state index contributed by atoms with van der Waals surface area (Å²) in [5.41, 5.74) is 0. The maximum Gasteiger partial charge on any atom is 0.368 e. The molecule has 0 spiro atoms. The van der Waals surface area contributed by atoms with Crippen LogP contribution in [0.5, 0.6) is 0 Å². The first kappa shape index (κ1) is 14.1. The van der Waals surface area contributed by atoms with Crippen molar-refractivity contribution in [3.63, 3.8) is 0 Å². The van der Waals surface area contributed by atoms with Gasteiger partial charge in [0.15, 0.2) is 0 Å². The number of nitrogens with zero attached hydrogens (tertiary/aromatic N) is 1. The fourth-order valence-electron chi connectivity index (χ4n) is 1.64. The maximum absolute atomic E-state index is 3.55. The quantitative estimate of drug-likeness (QED) is 0.509. The summed E-state index contributed by atoms with van der Waals surface area (Å²) in [6.45, 7) is 6.49. The second kappa shape index (κ2) is 7.36. The van der Waals surface area contributed by atoms with Gasteiger partial charge in [-0.25, -0.2) is 0 Å². The SMILES string of the molecule is CCCCN(C)[Si](NC)(NC)NCC. The maximum atomic E-state index is 3.55. The van der Waals surface area contributed by atoms with Gasteiger partial charge in [-0.1, -0.05) is 20.3 Å². The molecule has 0 aromatic heterocycles. The van der Waals surface area contributed by atoms with Crippen LogP contribution in [0.25, 0.3) is 0 Å². The first-order valence-corrected chi connectivity index (χ1v) is 7.45. The Morgan fingerprint density at radius 3 is 2.07 bits per heavy atom. The van der Waals surface area contributed by atoms with Gasteiger partial charge in [0, 0.05) is 0 Å². The first-order chi connectivity index (χ1) is 6.66. The molecule has 0 aliphatic heterocycles. The molecular formula is C9H26N4Si. The van der Waals surface area contributed by atoms with Crippen molar-refractivity contribution in [2.45, 2.75) is 26.7 Å². The zero-order valence-corrected chi connectivity index (χ0v) is 11.3. The van der Waals surface area contributed by atoms with Gasteiger partial charge in [0.25, 0.3) is 0 Å². The molecule has 0 heterocycles. The van der Waals surface area contributed by atoms with Crippen molar-refractivity contribution in [3.05, 3.63) is 0 Å². The van der Waals surface area contributed by atoms with Gasteiger partial charge < -0.3 is 14.9 Å². The van der Waals surface area contributed by atoms with E-state index in [0.717, 1.165) is 13.1 Å². The summed E-state index contributed by atoms with van der Waals surface area (Å²) in [5, 5.41) is 0. The van der Waals surface area contributed by atoms with E-state index in [4.69, 9.17) is 0 Å². The number of rotatable bonds is 8. The van der Waals surface area contributed by atoms with E-state index in [2.05, 4.69) is 40.4 Å². The molecule has 0 bridgehead atoms. The molecule has 0 rings (SSSR count). The van der Waals surface area contributed by atoms with E-state index in [9.17, 15) is 0 Å². The van der Waals surface area contributed by atoms with E-state index in [1.54, 1.807) is 0 Å². The Balaban J connectivity index is 4.28.